The Balaban J connectivity index is 0.000000138. The number of fused-ring (bicyclic) bond motifs is 1. The van der Waals surface area contributed by atoms with Crippen LogP contribution in [-0.4, -0.2) is 6.54 Å². The van der Waals surface area contributed by atoms with Crippen LogP contribution < -0.4 is 5.32 Å². The Morgan fingerprint density at radius 2 is 1.33 bits per heavy atom. The molecule has 0 spiro atoms. The van der Waals surface area contributed by atoms with Crippen LogP contribution in [0, 0.1) is 13.8 Å². The van der Waals surface area contributed by atoms with Gasteiger partial charge in [-0.25, -0.2) is 0 Å². The van der Waals surface area contributed by atoms with Gasteiger partial charge in [-0.05, 0) is 49.1 Å². The van der Waals surface area contributed by atoms with Gasteiger partial charge in [0.15, 0.2) is 0 Å². The van der Waals surface area contributed by atoms with E-state index in [0.29, 0.717) is 0 Å². The molecule has 18 heavy (non-hydrogen) atoms. The van der Waals surface area contributed by atoms with E-state index in [0.717, 1.165) is 13.1 Å². The molecule has 0 aliphatic carbocycles. The second kappa shape index (κ2) is 6.36. The minimum absolute atomic E-state index is 1.05. The molecule has 1 nitrogen and oxygen atoms in total. The van der Waals surface area contributed by atoms with Gasteiger partial charge in [0, 0.05) is 6.54 Å². The van der Waals surface area contributed by atoms with Crippen LogP contribution in [0.25, 0.3) is 0 Å². The Morgan fingerprint density at radius 1 is 0.778 bits per heavy atom. The minimum Gasteiger partial charge on any atom is -0.312 e. The molecule has 1 aliphatic heterocycles. The molecule has 0 fully saturated rings. The van der Waals surface area contributed by atoms with Gasteiger partial charge in [-0.1, -0.05) is 48.5 Å². The summed E-state index contributed by atoms with van der Waals surface area (Å²) in [7, 11) is 0. The van der Waals surface area contributed by atoms with Crippen molar-refractivity contribution in [2.45, 2.75) is 26.8 Å². The summed E-state index contributed by atoms with van der Waals surface area (Å²) in [4.78, 5) is 0. The van der Waals surface area contributed by atoms with Gasteiger partial charge in [0.05, 0.1) is 0 Å². The summed E-state index contributed by atoms with van der Waals surface area (Å²) < 4.78 is 0. The summed E-state index contributed by atoms with van der Waals surface area (Å²) >= 11 is 0. The lowest BCUT2D eigenvalue weighted by Crippen LogP contribution is -2.23. The summed E-state index contributed by atoms with van der Waals surface area (Å²) in [6.45, 7) is 6.43. The topological polar surface area (TPSA) is 12.0 Å². The van der Waals surface area contributed by atoms with Crippen LogP contribution in [0.3, 0.4) is 0 Å². The van der Waals surface area contributed by atoms with Gasteiger partial charge in [0.25, 0.3) is 0 Å². The normalized spacial score (nSPS) is 13.2. The summed E-state index contributed by atoms with van der Waals surface area (Å²) in [5.74, 6) is 0. The molecular formula is C17H21N. The lowest BCUT2D eigenvalue weighted by molar-refractivity contribution is 0.644. The quantitative estimate of drug-likeness (QED) is 0.740. The number of hydrogen-bond donors (Lipinski definition) is 1. The molecule has 0 bridgehead atoms. The fraction of sp³-hybridized carbons (Fsp3) is 0.294. The number of hydrogen-bond acceptors (Lipinski definition) is 1. The van der Waals surface area contributed by atoms with Crippen molar-refractivity contribution in [2.24, 2.45) is 0 Å². The zero-order chi connectivity index (χ0) is 12.8. The van der Waals surface area contributed by atoms with Crippen molar-refractivity contribution in [3.8, 4) is 0 Å². The predicted molar refractivity (Wildman–Crippen MR) is 77.8 cm³/mol. The van der Waals surface area contributed by atoms with E-state index in [9.17, 15) is 0 Å². The third-order valence-electron chi connectivity index (χ3n) is 3.43. The van der Waals surface area contributed by atoms with Gasteiger partial charge < -0.3 is 5.32 Å². The first-order valence-electron chi connectivity index (χ1n) is 6.57. The molecule has 0 aromatic heterocycles. The first kappa shape index (κ1) is 12.8. The second-order valence-corrected chi connectivity index (χ2v) is 4.78. The molecule has 0 saturated carbocycles. The zero-order valence-corrected chi connectivity index (χ0v) is 11.2. The first-order chi connectivity index (χ1) is 8.77. The molecule has 0 unspecified atom stereocenters. The van der Waals surface area contributed by atoms with Crippen LogP contribution >= 0.6 is 0 Å². The minimum atomic E-state index is 1.05. The van der Waals surface area contributed by atoms with E-state index in [1.165, 1.54) is 28.7 Å². The fourth-order valence-corrected chi connectivity index (χ4v) is 2.08. The predicted octanol–water partition coefficient (Wildman–Crippen LogP) is 3.64. The summed E-state index contributed by atoms with van der Waals surface area (Å²) in [6, 6.07) is 17.0. The third-order valence-corrected chi connectivity index (χ3v) is 3.43. The summed E-state index contributed by atoms with van der Waals surface area (Å²) in [5, 5.41) is 3.34. The Morgan fingerprint density at radius 3 is 1.89 bits per heavy atom. The molecule has 1 N–H and O–H groups in total. The van der Waals surface area contributed by atoms with E-state index in [1.54, 1.807) is 0 Å². The Kier molecular flexibility index (Phi) is 4.54. The maximum Gasteiger partial charge on any atom is 0.0208 e. The van der Waals surface area contributed by atoms with Crippen LogP contribution in [0.15, 0.2) is 48.5 Å². The smallest absolute Gasteiger partial charge is 0.0208 e. The van der Waals surface area contributed by atoms with Crippen molar-refractivity contribution in [1.29, 1.82) is 0 Å². The third kappa shape index (κ3) is 3.44. The molecule has 0 radical (unpaired) electrons. The highest BCUT2D eigenvalue weighted by atomic mass is 14.9. The molecule has 0 amide bonds. The number of benzene rings is 2. The Hall–Kier alpha value is -1.60. The lowest BCUT2D eigenvalue weighted by Gasteiger charge is -2.15. The molecule has 2 aromatic rings. The summed E-state index contributed by atoms with van der Waals surface area (Å²) in [6.07, 6.45) is 1.19. The van der Waals surface area contributed by atoms with Gasteiger partial charge in [-0.3, -0.25) is 0 Å². The highest BCUT2D eigenvalue weighted by Crippen LogP contribution is 2.11. The Labute approximate surface area is 110 Å². The Bertz CT molecular complexity index is 456. The molecule has 1 heteroatoms. The molecule has 1 heterocycles. The van der Waals surface area contributed by atoms with Crippen molar-refractivity contribution in [3.63, 3.8) is 0 Å². The van der Waals surface area contributed by atoms with E-state index in [4.69, 9.17) is 0 Å². The van der Waals surface area contributed by atoms with Crippen LogP contribution in [0.5, 0.6) is 0 Å². The van der Waals surface area contributed by atoms with Crippen LogP contribution in [0.4, 0.5) is 0 Å². The lowest BCUT2D eigenvalue weighted by atomic mass is 10.0. The van der Waals surface area contributed by atoms with Crippen LogP contribution in [0.1, 0.15) is 22.3 Å². The highest BCUT2D eigenvalue weighted by molar-refractivity contribution is 5.28. The SMILES string of the molecule is Cc1ccccc1C.c1ccc2c(c1)CCNC2. The number of nitrogens with one attached hydrogen (secondary N) is 1. The average molecular weight is 239 g/mol. The maximum absolute atomic E-state index is 3.34. The fourth-order valence-electron chi connectivity index (χ4n) is 2.08. The van der Waals surface area contributed by atoms with Crippen molar-refractivity contribution in [3.05, 3.63) is 70.8 Å². The highest BCUT2D eigenvalue weighted by Gasteiger charge is 2.05. The molecule has 2 aromatic carbocycles. The van der Waals surface area contributed by atoms with Gasteiger partial charge in [0.2, 0.25) is 0 Å². The largest absolute Gasteiger partial charge is 0.312 e. The monoisotopic (exact) mass is 239 g/mol. The van der Waals surface area contributed by atoms with E-state index in [2.05, 4.69) is 67.7 Å². The van der Waals surface area contributed by atoms with Crippen LogP contribution in [0.2, 0.25) is 0 Å². The van der Waals surface area contributed by atoms with E-state index >= 15 is 0 Å². The van der Waals surface area contributed by atoms with Crippen molar-refractivity contribution in [2.75, 3.05) is 6.54 Å². The van der Waals surface area contributed by atoms with Crippen molar-refractivity contribution in [1.82, 2.24) is 5.32 Å². The number of rotatable bonds is 0. The second-order valence-electron chi connectivity index (χ2n) is 4.78. The molecule has 0 saturated heterocycles. The van der Waals surface area contributed by atoms with Gasteiger partial charge in [0.1, 0.15) is 0 Å². The van der Waals surface area contributed by atoms with E-state index in [1.807, 2.05) is 0 Å². The standard InChI is InChI=1S/C9H11N.C8H10/c1-2-4-9-7-10-6-5-8(9)3-1;1-7-5-3-4-6-8(7)2/h1-4,10H,5-7H2;3-6H,1-2H3. The first-order valence-corrected chi connectivity index (χ1v) is 6.57. The zero-order valence-electron chi connectivity index (χ0n) is 11.2. The molecule has 94 valence electrons. The molecule has 1 aliphatic rings. The molecular weight excluding hydrogens is 218 g/mol. The van der Waals surface area contributed by atoms with Crippen molar-refractivity contribution >= 4 is 0 Å². The summed E-state index contributed by atoms with van der Waals surface area (Å²) in [5.41, 5.74) is 5.72. The van der Waals surface area contributed by atoms with E-state index < -0.39 is 0 Å². The van der Waals surface area contributed by atoms with Gasteiger partial charge >= 0.3 is 0 Å². The van der Waals surface area contributed by atoms with Crippen molar-refractivity contribution < 1.29 is 0 Å². The van der Waals surface area contributed by atoms with Crippen LogP contribution in [-0.2, 0) is 13.0 Å². The van der Waals surface area contributed by atoms with E-state index in [-0.39, 0.29) is 0 Å². The number of aryl methyl sites for hydroxylation is 2. The molecule has 0 atom stereocenters. The maximum atomic E-state index is 3.34. The average Bonchev–Trinajstić information content (AvgIpc) is 2.43. The van der Waals surface area contributed by atoms with Gasteiger partial charge in [-0.15, -0.1) is 0 Å². The van der Waals surface area contributed by atoms with Gasteiger partial charge in [-0.2, -0.15) is 0 Å². The molecule has 3 rings (SSSR count).